The number of phenols is 1. The Balaban J connectivity index is 1.52. The van der Waals surface area contributed by atoms with Crippen LogP contribution in [0, 0.1) is 0 Å². The van der Waals surface area contributed by atoms with Gasteiger partial charge in [0.05, 0.1) is 11.4 Å². The van der Waals surface area contributed by atoms with Crippen LogP contribution in [0.1, 0.15) is 12.5 Å². The Morgan fingerprint density at radius 3 is 2.48 bits per heavy atom. The number of aromatic hydroxyl groups is 1. The van der Waals surface area contributed by atoms with E-state index in [1.54, 1.807) is 34.9 Å². The molecule has 7 heteroatoms. The number of amidine groups is 1. The summed E-state index contributed by atoms with van der Waals surface area (Å²) >= 11 is 3.05. The van der Waals surface area contributed by atoms with Crippen molar-refractivity contribution in [1.82, 2.24) is 4.90 Å². The molecular weight excluding hydrogens is 450 g/mol. The van der Waals surface area contributed by atoms with E-state index in [9.17, 15) is 9.90 Å². The molecule has 5 rings (SSSR count). The van der Waals surface area contributed by atoms with E-state index in [-0.39, 0.29) is 11.7 Å². The molecule has 0 spiro atoms. The number of aliphatic imine (C=N–C) groups is 1. The summed E-state index contributed by atoms with van der Waals surface area (Å²) in [7, 11) is 0. The number of anilines is 1. The fourth-order valence-corrected chi connectivity index (χ4v) is 6.31. The number of thioether (sulfide) groups is 2. The quantitative estimate of drug-likeness (QED) is 0.461. The van der Waals surface area contributed by atoms with Gasteiger partial charge in [0.25, 0.3) is 5.91 Å². The summed E-state index contributed by atoms with van der Waals surface area (Å²) in [6.45, 7) is 3.41. The molecule has 0 atom stereocenters. The Labute approximate surface area is 201 Å². The number of fused-ring (bicyclic) bond motifs is 1. The molecule has 0 unspecified atom stereocenters. The molecule has 2 heterocycles. The molecule has 0 aliphatic carbocycles. The summed E-state index contributed by atoms with van der Waals surface area (Å²) in [6.07, 6.45) is 0.736. The van der Waals surface area contributed by atoms with Crippen LogP contribution in [-0.4, -0.2) is 34.2 Å². The van der Waals surface area contributed by atoms with Crippen LogP contribution in [0.5, 0.6) is 5.75 Å². The second-order valence-corrected chi connectivity index (χ2v) is 9.67. The molecule has 2 aliphatic heterocycles. The van der Waals surface area contributed by atoms with Gasteiger partial charge in [-0.05, 0) is 54.9 Å². The van der Waals surface area contributed by atoms with Crippen molar-refractivity contribution in [2.24, 2.45) is 4.99 Å². The summed E-state index contributed by atoms with van der Waals surface area (Å²) in [5.41, 5.74) is 2.93. The van der Waals surface area contributed by atoms with Crippen molar-refractivity contribution < 1.29 is 9.90 Å². The number of rotatable bonds is 5. The Morgan fingerprint density at radius 1 is 0.909 bits per heavy atom. The van der Waals surface area contributed by atoms with Crippen LogP contribution in [0.2, 0.25) is 0 Å². The van der Waals surface area contributed by atoms with Crippen molar-refractivity contribution in [1.29, 1.82) is 0 Å². The first kappa shape index (κ1) is 21.7. The monoisotopic (exact) mass is 473 g/mol. The number of carbonyl (C=O) groups is 1. The first-order chi connectivity index (χ1) is 16.1. The number of amides is 1. The van der Waals surface area contributed by atoms with Gasteiger partial charge in [0.15, 0.2) is 5.17 Å². The van der Waals surface area contributed by atoms with Gasteiger partial charge in [-0.15, -0.1) is 0 Å². The van der Waals surface area contributed by atoms with Gasteiger partial charge in [0.2, 0.25) is 0 Å². The van der Waals surface area contributed by atoms with Crippen molar-refractivity contribution in [3.05, 3.63) is 94.4 Å². The van der Waals surface area contributed by atoms with Crippen LogP contribution in [0.3, 0.4) is 0 Å². The van der Waals surface area contributed by atoms with Crippen LogP contribution >= 0.6 is 23.5 Å². The zero-order valence-corrected chi connectivity index (χ0v) is 19.8. The molecule has 0 radical (unpaired) electrons. The molecule has 166 valence electrons. The molecule has 3 aromatic rings. The average molecular weight is 474 g/mol. The molecule has 1 fully saturated rings. The zero-order valence-electron chi connectivity index (χ0n) is 18.1. The van der Waals surface area contributed by atoms with Gasteiger partial charge in [-0.3, -0.25) is 9.69 Å². The van der Waals surface area contributed by atoms with E-state index in [4.69, 9.17) is 4.99 Å². The second-order valence-electron chi connectivity index (χ2n) is 7.66. The fourth-order valence-electron chi connectivity index (χ4n) is 3.89. The summed E-state index contributed by atoms with van der Waals surface area (Å²) in [4.78, 5) is 24.2. The lowest BCUT2D eigenvalue weighted by molar-refractivity contribution is -0.122. The van der Waals surface area contributed by atoms with E-state index in [1.165, 1.54) is 17.3 Å². The molecule has 33 heavy (non-hydrogen) atoms. The minimum absolute atomic E-state index is 0.0245. The Kier molecular flexibility index (Phi) is 6.15. The van der Waals surface area contributed by atoms with Gasteiger partial charge < -0.3 is 10.0 Å². The van der Waals surface area contributed by atoms with E-state index in [1.807, 2.05) is 36.4 Å². The highest BCUT2D eigenvalue weighted by Crippen LogP contribution is 2.50. The molecule has 0 saturated carbocycles. The highest BCUT2D eigenvalue weighted by Gasteiger charge is 2.39. The smallest absolute Gasteiger partial charge is 0.269 e. The van der Waals surface area contributed by atoms with Crippen molar-refractivity contribution in [2.45, 2.75) is 18.2 Å². The molecular formula is C26H23N3O2S2. The van der Waals surface area contributed by atoms with Crippen LogP contribution < -0.4 is 4.90 Å². The third-order valence-corrected chi connectivity index (χ3v) is 7.88. The van der Waals surface area contributed by atoms with Crippen LogP contribution in [0.15, 0.2) is 98.7 Å². The minimum Gasteiger partial charge on any atom is -0.508 e. The van der Waals surface area contributed by atoms with Crippen molar-refractivity contribution in [2.75, 3.05) is 18.0 Å². The van der Waals surface area contributed by atoms with Crippen molar-refractivity contribution >= 4 is 46.0 Å². The number of nitrogens with zero attached hydrogens (tertiary/aromatic N) is 3. The minimum atomic E-state index is -0.0245. The summed E-state index contributed by atoms with van der Waals surface area (Å²) in [6, 6.07) is 25.2. The number of para-hydroxylation sites is 1. The third-order valence-electron chi connectivity index (χ3n) is 5.50. The predicted octanol–water partition coefficient (Wildman–Crippen LogP) is 6.00. The third kappa shape index (κ3) is 4.38. The van der Waals surface area contributed by atoms with E-state index in [2.05, 4.69) is 36.1 Å². The Hall–Kier alpha value is -3.16. The number of carbonyl (C=O) groups excluding carboxylic acids is 1. The molecule has 0 aromatic heterocycles. The Bertz CT molecular complexity index is 1260. The van der Waals surface area contributed by atoms with Gasteiger partial charge in [-0.25, -0.2) is 4.99 Å². The van der Waals surface area contributed by atoms with E-state index >= 15 is 0 Å². The van der Waals surface area contributed by atoms with E-state index in [0.717, 1.165) is 28.6 Å². The maximum absolute atomic E-state index is 13.7. The summed E-state index contributed by atoms with van der Waals surface area (Å²) in [5.74, 6) is 0.128. The molecule has 0 bridgehead atoms. The molecule has 1 N–H and O–H groups in total. The summed E-state index contributed by atoms with van der Waals surface area (Å²) < 4.78 is 0. The average Bonchev–Trinajstić information content (AvgIpc) is 3.35. The normalized spacial score (nSPS) is 18.9. The largest absolute Gasteiger partial charge is 0.508 e. The maximum atomic E-state index is 13.7. The molecule has 3 aromatic carbocycles. The topological polar surface area (TPSA) is 56.1 Å². The lowest BCUT2D eigenvalue weighted by Gasteiger charge is -2.19. The number of phenolic OH excluding ortho intramolecular Hbond substituents is 1. The van der Waals surface area contributed by atoms with Crippen LogP contribution in [0.4, 0.5) is 11.4 Å². The van der Waals surface area contributed by atoms with Crippen molar-refractivity contribution in [3.63, 3.8) is 0 Å². The highest BCUT2D eigenvalue weighted by atomic mass is 32.2. The van der Waals surface area contributed by atoms with Crippen LogP contribution in [0.25, 0.3) is 0 Å². The molecule has 2 aliphatic rings. The predicted molar refractivity (Wildman–Crippen MR) is 137 cm³/mol. The SMILES string of the molecule is CCN1C(=C2SC(=Nc3cccc(O)c3)N(CCc3ccccc3)C2=O)Sc2ccccc21. The number of hydrogen-bond acceptors (Lipinski definition) is 6. The van der Waals surface area contributed by atoms with Gasteiger partial charge in [0, 0.05) is 24.1 Å². The Morgan fingerprint density at radius 2 is 1.70 bits per heavy atom. The zero-order chi connectivity index (χ0) is 22.8. The van der Waals surface area contributed by atoms with Gasteiger partial charge in [0.1, 0.15) is 15.7 Å². The molecule has 1 saturated heterocycles. The standard InChI is InChI=1S/C26H23N3O2S2/c1-2-28-21-13-6-7-14-22(21)32-25(28)23-24(31)29(16-15-18-9-4-3-5-10-18)26(33-23)27-19-11-8-12-20(30)17-19/h3-14,17,30H,2,15-16H2,1H3. The summed E-state index contributed by atoms with van der Waals surface area (Å²) in [5, 5.41) is 11.5. The first-order valence-corrected chi connectivity index (χ1v) is 12.5. The van der Waals surface area contributed by atoms with Crippen LogP contribution in [-0.2, 0) is 11.2 Å². The van der Waals surface area contributed by atoms with E-state index in [0.29, 0.717) is 22.3 Å². The first-order valence-electron chi connectivity index (χ1n) is 10.8. The van der Waals surface area contributed by atoms with Gasteiger partial charge in [-0.2, -0.15) is 0 Å². The maximum Gasteiger partial charge on any atom is 0.269 e. The second kappa shape index (κ2) is 9.37. The van der Waals surface area contributed by atoms with Crippen molar-refractivity contribution in [3.8, 4) is 5.75 Å². The molecule has 5 nitrogen and oxygen atoms in total. The lowest BCUT2D eigenvalue weighted by Crippen LogP contribution is -2.32. The van der Waals surface area contributed by atoms with E-state index < -0.39 is 0 Å². The molecule has 1 amide bonds. The van der Waals surface area contributed by atoms with Gasteiger partial charge >= 0.3 is 0 Å². The number of benzene rings is 3. The van der Waals surface area contributed by atoms with Gasteiger partial charge in [-0.1, -0.05) is 60.3 Å². The number of hydrogen-bond donors (Lipinski definition) is 1. The lowest BCUT2D eigenvalue weighted by atomic mass is 10.1. The fraction of sp³-hybridized carbons (Fsp3) is 0.154. The highest BCUT2D eigenvalue weighted by molar-refractivity contribution is 8.19.